The quantitative estimate of drug-likeness (QED) is 0.724. The van der Waals surface area contributed by atoms with Crippen LogP contribution in [-0.2, 0) is 6.42 Å². The Labute approximate surface area is 71.6 Å². The summed E-state index contributed by atoms with van der Waals surface area (Å²) in [7, 11) is 0. The summed E-state index contributed by atoms with van der Waals surface area (Å²) >= 11 is 5.70. The molecule has 1 rings (SSSR count). The van der Waals surface area contributed by atoms with E-state index in [0.717, 1.165) is 12.8 Å². The van der Waals surface area contributed by atoms with Gasteiger partial charge in [-0.2, -0.15) is 0 Å². The van der Waals surface area contributed by atoms with Gasteiger partial charge in [0.25, 0.3) is 0 Å². The Morgan fingerprint density at radius 3 is 2.73 bits per heavy atom. The highest BCUT2D eigenvalue weighted by molar-refractivity contribution is 6.32. The Kier molecular flexibility index (Phi) is 2.77. The summed E-state index contributed by atoms with van der Waals surface area (Å²) in [5, 5.41) is 9.52. The number of benzene rings is 1. The second-order valence-electron chi connectivity index (χ2n) is 2.54. The first kappa shape index (κ1) is 8.41. The molecule has 0 saturated carbocycles. The minimum Gasteiger partial charge on any atom is -0.506 e. The molecule has 11 heavy (non-hydrogen) atoms. The monoisotopic (exact) mass is 170 g/mol. The lowest BCUT2D eigenvalue weighted by Crippen LogP contribution is -1.81. The van der Waals surface area contributed by atoms with E-state index in [1.807, 2.05) is 6.07 Å². The van der Waals surface area contributed by atoms with Crippen LogP contribution in [0.1, 0.15) is 18.9 Å². The number of phenols is 1. The fourth-order valence-electron chi connectivity index (χ4n) is 0.995. The van der Waals surface area contributed by atoms with Crippen molar-refractivity contribution in [3.05, 3.63) is 28.8 Å². The maximum Gasteiger partial charge on any atom is 0.134 e. The van der Waals surface area contributed by atoms with Crippen molar-refractivity contribution >= 4 is 11.6 Å². The largest absolute Gasteiger partial charge is 0.506 e. The first-order valence-corrected chi connectivity index (χ1v) is 4.09. The third kappa shape index (κ3) is 2.12. The minimum absolute atomic E-state index is 0.159. The molecule has 0 radical (unpaired) electrons. The zero-order valence-corrected chi connectivity index (χ0v) is 7.23. The minimum atomic E-state index is 0.159. The van der Waals surface area contributed by atoms with Gasteiger partial charge in [0.05, 0.1) is 5.02 Å². The molecule has 0 aliphatic rings. The summed E-state index contributed by atoms with van der Waals surface area (Å²) in [6.07, 6.45) is 2.11. The highest BCUT2D eigenvalue weighted by Crippen LogP contribution is 2.23. The summed E-state index contributed by atoms with van der Waals surface area (Å²) < 4.78 is 0. The SMILES string of the molecule is CCCc1ccc(O)c(Cl)c1. The van der Waals surface area contributed by atoms with E-state index in [4.69, 9.17) is 16.7 Å². The van der Waals surface area contributed by atoms with E-state index in [-0.39, 0.29) is 5.75 Å². The van der Waals surface area contributed by atoms with Crippen LogP contribution in [0.3, 0.4) is 0 Å². The molecule has 0 saturated heterocycles. The second kappa shape index (κ2) is 3.63. The maximum absolute atomic E-state index is 9.08. The number of rotatable bonds is 2. The molecule has 1 N–H and O–H groups in total. The number of halogens is 1. The van der Waals surface area contributed by atoms with Crippen LogP contribution in [-0.4, -0.2) is 5.11 Å². The molecule has 0 spiro atoms. The zero-order chi connectivity index (χ0) is 8.27. The van der Waals surface area contributed by atoms with Crippen LogP contribution < -0.4 is 0 Å². The van der Waals surface area contributed by atoms with Crippen LogP contribution in [0.2, 0.25) is 5.02 Å². The zero-order valence-electron chi connectivity index (χ0n) is 6.47. The van der Waals surface area contributed by atoms with Crippen molar-refractivity contribution < 1.29 is 5.11 Å². The number of hydrogen-bond acceptors (Lipinski definition) is 1. The number of phenolic OH excluding ortho intramolecular Hbond substituents is 1. The fourth-order valence-corrected chi connectivity index (χ4v) is 1.20. The predicted molar refractivity (Wildman–Crippen MR) is 47.1 cm³/mol. The van der Waals surface area contributed by atoms with E-state index in [1.54, 1.807) is 12.1 Å². The Morgan fingerprint density at radius 2 is 2.18 bits per heavy atom. The van der Waals surface area contributed by atoms with E-state index in [1.165, 1.54) is 5.56 Å². The lowest BCUT2D eigenvalue weighted by Gasteiger charge is -2.00. The van der Waals surface area contributed by atoms with Crippen molar-refractivity contribution in [2.75, 3.05) is 0 Å². The average Bonchev–Trinajstić information content (AvgIpc) is 1.98. The Morgan fingerprint density at radius 1 is 1.45 bits per heavy atom. The topological polar surface area (TPSA) is 20.2 Å². The highest BCUT2D eigenvalue weighted by atomic mass is 35.5. The van der Waals surface area contributed by atoms with Crippen molar-refractivity contribution in [3.63, 3.8) is 0 Å². The molecule has 0 aliphatic heterocycles. The van der Waals surface area contributed by atoms with Gasteiger partial charge in [0, 0.05) is 0 Å². The van der Waals surface area contributed by atoms with Crippen molar-refractivity contribution in [2.45, 2.75) is 19.8 Å². The number of aryl methyl sites for hydroxylation is 1. The van der Waals surface area contributed by atoms with E-state index in [9.17, 15) is 0 Å². The summed E-state index contributed by atoms with van der Waals surface area (Å²) in [5.74, 6) is 0.159. The number of aromatic hydroxyl groups is 1. The van der Waals surface area contributed by atoms with Crippen LogP contribution in [0.4, 0.5) is 0 Å². The molecule has 1 aromatic rings. The Bertz CT molecular complexity index is 245. The molecular formula is C9H11ClO. The molecule has 0 fully saturated rings. The third-order valence-corrected chi connectivity index (χ3v) is 1.85. The predicted octanol–water partition coefficient (Wildman–Crippen LogP) is 3.00. The first-order chi connectivity index (χ1) is 5.24. The van der Waals surface area contributed by atoms with Crippen LogP contribution >= 0.6 is 11.6 Å². The van der Waals surface area contributed by atoms with Gasteiger partial charge < -0.3 is 5.11 Å². The molecule has 60 valence electrons. The molecule has 0 heterocycles. The van der Waals surface area contributed by atoms with Crippen molar-refractivity contribution in [1.29, 1.82) is 0 Å². The molecule has 1 aromatic carbocycles. The van der Waals surface area contributed by atoms with Gasteiger partial charge in [-0.15, -0.1) is 0 Å². The fraction of sp³-hybridized carbons (Fsp3) is 0.333. The molecule has 1 nitrogen and oxygen atoms in total. The first-order valence-electron chi connectivity index (χ1n) is 3.71. The Hall–Kier alpha value is -0.690. The molecule has 0 aromatic heterocycles. The van der Waals surface area contributed by atoms with Gasteiger partial charge in [-0.25, -0.2) is 0 Å². The van der Waals surface area contributed by atoms with Gasteiger partial charge in [-0.1, -0.05) is 31.0 Å². The Balaban J connectivity index is 2.86. The lowest BCUT2D eigenvalue weighted by molar-refractivity contribution is 0.475. The lowest BCUT2D eigenvalue weighted by atomic mass is 10.1. The van der Waals surface area contributed by atoms with Crippen LogP contribution in [0, 0.1) is 0 Å². The van der Waals surface area contributed by atoms with Gasteiger partial charge in [0.15, 0.2) is 0 Å². The normalized spacial score (nSPS) is 10.0. The summed E-state index contributed by atoms with van der Waals surface area (Å²) in [4.78, 5) is 0. The second-order valence-corrected chi connectivity index (χ2v) is 2.94. The maximum atomic E-state index is 9.08. The molecule has 0 atom stereocenters. The van der Waals surface area contributed by atoms with Gasteiger partial charge in [0.2, 0.25) is 0 Å². The third-order valence-electron chi connectivity index (χ3n) is 1.55. The van der Waals surface area contributed by atoms with Crippen molar-refractivity contribution in [2.24, 2.45) is 0 Å². The molecule has 0 unspecified atom stereocenters. The smallest absolute Gasteiger partial charge is 0.134 e. The van der Waals surface area contributed by atoms with Crippen molar-refractivity contribution in [1.82, 2.24) is 0 Å². The van der Waals surface area contributed by atoms with Gasteiger partial charge >= 0.3 is 0 Å². The molecule has 0 aliphatic carbocycles. The van der Waals surface area contributed by atoms with E-state index in [2.05, 4.69) is 6.92 Å². The highest BCUT2D eigenvalue weighted by Gasteiger charge is 1.97. The molecular weight excluding hydrogens is 160 g/mol. The standard InChI is InChI=1S/C9H11ClO/c1-2-3-7-4-5-9(11)8(10)6-7/h4-6,11H,2-3H2,1H3. The van der Waals surface area contributed by atoms with Gasteiger partial charge in [0.1, 0.15) is 5.75 Å². The van der Waals surface area contributed by atoms with Gasteiger partial charge in [-0.3, -0.25) is 0 Å². The van der Waals surface area contributed by atoms with E-state index < -0.39 is 0 Å². The molecule has 0 amide bonds. The average molecular weight is 171 g/mol. The molecule has 0 bridgehead atoms. The number of hydrogen-bond donors (Lipinski definition) is 1. The van der Waals surface area contributed by atoms with Crippen LogP contribution in [0.5, 0.6) is 5.75 Å². The van der Waals surface area contributed by atoms with Crippen molar-refractivity contribution in [3.8, 4) is 5.75 Å². The molecule has 2 heteroatoms. The summed E-state index contributed by atoms with van der Waals surface area (Å²) in [6.45, 7) is 2.11. The summed E-state index contributed by atoms with van der Waals surface area (Å²) in [6, 6.07) is 5.33. The van der Waals surface area contributed by atoms with E-state index in [0.29, 0.717) is 5.02 Å². The van der Waals surface area contributed by atoms with Crippen LogP contribution in [0.25, 0.3) is 0 Å². The van der Waals surface area contributed by atoms with E-state index >= 15 is 0 Å². The van der Waals surface area contributed by atoms with Crippen LogP contribution in [0.15, 0.2) is 18.2 Å². The summed E-state index contributed by atoms with van der Waals surface area (Å²) in [5.41, 5.74) is 1.18. The van der Waals surface area contributed by atoms with Gasteiger partial charge in [-0.05, 0) is 24.1 Å².